The normalized spacial score (nSPS) is 20.1. The maximum atomic E-state index is 12.0. The number of carbonyl (C=O) groups is 1. The Morgan fingerprint density at radius 1 is 1.62 bits per heavy atom. The van der Waals surface area contributed by atoms with E-state index in [4.69, 9.17) is 6.42 Å². The maximum Gasteiger partial charge on any atom is 0.223 e. The number of rotatable bonds is 5. The molecule has 1 amide bonds. The molecule has 1 heterocycles. The molecule has 1 saturated heterocycles. The summed E-state index contributed by atoms with van der Waals surface area (Å²) in [7, 11) is 0. The van der Waals surface area contributed by atoms with Gasteiger partial charge < -0.3 is 10.2 Å². The first-order valence-electron chi connectivity index (χ1n) is 6.19. The quantitative estimate of drug-likeness (QED) is 0.710. The zero-order valence-electron chi connectivity index (χ0n) is 10.2. The Morgan fingerprint density at radius 3 is 3.00 bits per heavy atom. The van der Waals surface area contributed by atoms with Crippen molar-refractivity contribution < 1.29 is 4.79 Å². The summed E-state index contributed by atoms with van der Waals surface area (Å²) >= 11 is 0. The molecule has 1 N–H and O–H groups in total. The van der Waals surface area contributed by atoms with Crippen LogP contribution in [0.15, 0.2) is 0 Å². The van der Waals surface area contributed by atoms with E-state index in [0.29, 0.717) is 18.9 Å². The Kier molecular flexibility index (Phi) is 5.95. The van der Waals surface area contributed by atoms with Crippen molar-refractivity contribution in [1.29, 1.82) is 0 Å². The van der Waals surface area contributed by atoms with Gasteiger partial charge in [-0.2, -0.15) is 0 Å². The molecule has 1 atom stereocenters. The van der Waals surface area contributed by atoms with Crippen LogP contribution in [0.5, 0.6) is 0 Å². The van der Waals surface area contributed by atoms with Gasteiger partial charge in [0.15, 0.2) is 0 Å². The Morgan fingerprint density at radius 2 is 2.44 bits per heavy atom. The van der Waals surface area contributed by atoms with Crippen LogP contribution in [-0.2, 0) is 4.79 Å². The minimum absolute atomic E-state index is 0.216. The molecule has 3 nitrogen and oxygen atoms in total. The molecular weight excluding hydrogens is 200 g/mol. The highest BCUT2D eigenvalue weighted by Crippen LogP contribution is 2.15. The van der Waals surface area contributed by atoms with Crippen LogP contribution >= 0.6 is 0 Å². The van der Waals surface area contributed by atoms with Gasteiger partial charge in [-0.15, -0.1) is 6.42 Å². The molecule has 0 saturated carbocycles. The second-order valence-electron chi connectivity index (χ2n) is 4.44. The summed E-state index contributed by atoms with van der Waals surface area (Å²) in [6.45, 7) is 5.37. The predicted molar refractivity (Wildman–Crippen MR) is 65.9 cm³/mol. The van der Waals surface area contributed by atoms with Crippen LogP contribution in [0.2, 0.25) is 0 Å². The Labute approximate surface area is 98.6 Å². The molecule has 1 aliphatic heterocycles. The van der Waals surface area contributed by atoms with Gasteiger partial charge in [-0.25, -0.2) is 0 Å². The summed E-state index contributed by atoms with van der Waals surface area (Å²) in [6, 6.07) is 0. The molecule has 0 aliphatic carbocycles. The third-order valence-electron chi connectivity index (χ3n) is 2.99. The first-order chi connectivity index (χ1) is 7.77. The van der Waals surface area contributed by atoms with Crippen molar-refractivity contribution in [3.05, 3.63) is 0 Å². The number of terminal acetylenes is 1. The topological polar surface area (TPSA) is 32.3 Å². The highest BCUT2D eigenvalue weighted by atomic mass is 16.2. The van der Waals surface area contributed by atoms with Gasteiger partial charge in [0.1, 0.15) is 0 Å². The summed E-state index contributed by atoms with van der Waals surface area (Å²) in [5.74, 6) is 3.27. The van der Waals surface area contributed by atoms with Crippen molar-refractivity contribution in [3.8, 4) is 12.3 Å². The first-order valence-corrected chi connectivity index (χ1v) is 6.19. The number of hydrogen-bond acceptors (Lipinski definition) is 2. The van der Waals surface area contributed by atoms with Crippen LogP contribution in [-0.4, -0.2) is 37.0 Å². The van der Waals surface area contributed by atoms with Gasteiger partial charge in [-0.3, -0.25) is 4.79 Å². The highest BCUT2D eigenvalue weighted by Gasteiger charge is 2.19. The molecular formula is C13H22N2O. The summed E-state index contributed by atoms with van der Waals surface area (Å²) < 4.78 is 0. The third-order valence-corrected chi connectivity index (χ3v) is 2.99. The number of nitrogens with one attached hydrogen (secondary N) is 1. The average Bonchev–Trinajstić information content (AvgIpc) is 2.30. The molecule has 0 radical (unpaired) electrons. The molecule has 0 aromatic heterocycles. The van der Waals surface area contributed by atoms with Crippen molar-refractivity contribution in [2.24, 2.45) is 5.92 Å². The average molecular weight is 222 g/mol. The summed E-state index contributed by atoms with van der Waals surface area (Å²) in [4.78, 5) is 13.8. The molecule has 1 unspecified atom stereocenters. The van der Waals surface area contributed by atoms with Crippen LogP contribution in [0.3, 0.4) is 0 Å². The van der Waals surface area contributed by atoms with Gasteiger partial charge in [0, 0.05) is 13.0 Å². The molecule has 3 heteroatoms. The summed E-state index contributed by atoms with van der Waals surface area (Å²) in [6.07, 6.45) is 9.23. The van der Waals surface area contributed by atoms with E-state index in [0.717, 1.165) is 32.5 Å². The first kappa shape index (κ1) is 13.1. The lowest BCUT2D eigenvalue weighted by Crippen LogP contribution is -2.37. The molecule has 90 valence electrons. The molecule has 0 aromatic rings. The van der Waals surface area contributed by atoms with E-state index in [1.165, 1.54) is 6.42 Å². The second-order valence-corrected chi connectivity index (χ2v) is 4.44. The van der Waals surface area contributed by atoms with Crippen LogP contribution in [0.1, 0.15) is 32.6 Å². The van der Waals surface area contributed by atoms with E-state index in [2.05, 4.69) is 18.2 Å². The van der Waals surface area contributed by atoms with Gasteiger partial charge in [0.05, 0.1) is 6.54 Å². The van der Waals surface area contributed by atoms with Crippen molar-refractivity contribution in [2.75, 3.05) is 26.2 Å². The van der Waals surface area contributed by atoms with E-state index in [9.17, 15) is 4.79 Å². The maximum absolute atomic E-state index is 12.0. The minimum Gasteiger partial charge on any atom is -0.332 e. The number of hydrogen-bond donors (Lipinski definition) is 1. The Hall–Kier alpha value is -1.01. The molecule has 1 fully saturated rings. The molecule has 0 aromatic carbocycles. The lowest BCUT2D eigenvalue weighted by atomic mass is 9.95. The highest BCUT2D eigenvalue weighted by molar-refractivity contribution is 5.76. The van der Waals surface area contributed by atoms with Gasteiger partial charge >= 0.3 is 0 Å². The van der Waals surface area contributed by atoms with Gasteiger partial charge in [-0.05, 0) is 38.3 Å². The van der Waals surface area contributed by atoms with Crippen LogP contribution in [0.4, 0.5) is 0 Å². The smallest absolute Gasteiger partial charge is 0.223 e. The molecule has 0 bridgehead atoms. The Bertz CT molecular complexity index is 251. The Balaban J connectivity index is 2.38. The number of nitrogens with zero attached hydrogens (tertiary/aromatic N) is 1. The summed E-state index contributed by atoms with van der Waals surface area (Å²) in [5.41, 5.74) is 0. The number of carbonyl (C=O) groups excluding carboxylic acids is 1. The van der Waals surface area contributed by atoms with E-state index >= 15 is 0 Å². The van der Waals surface area contributed by atoms with E-state index in [1.54, 1.807) is 4.90 Å². The van der Waals surface area contributed by atoms with Crippen molar-refractivity contribution >= 4 is 5.91 Å². The third kappa shape index (κ3) is 4.24. The summed E-state index contributed by atoms with van der Waals surface area (Å²) in [5, 5.41) is 3.33. The van der Waals surface area contributed by atoms with Crippen molar-refractivity contribution in [3.63, 3.8) is 0 Å². The largest absolute Gasteiger partial charge is 0.332 e. The predicted octanol–water partition coefficient (Wildman–Crippen LogP) is 1.25. The number of amides is 1. The second kappa shape index (κ2) is 7.29. The van der Waals surface area contributed by atoms with Gasteiger partial charge in [0.2, 0.25) is 5.91 Å². The standard InChI is InChI=1S/C13H22N2O/c1-3-8-15(9-4-2)13(16)10-12-6-5-7-14-11-12/h1,12,14H,4-11H2,2H3. The van der Waals surface area contributed by atoms with E-state index in [-0.39, 0.29) is 5.91 Å². The van der Waals surface area contributed by atoms with Crippen LogP contribution in [0, 0.1) is 18.3 Å². The zero-order chi connectivity index (χ0) is 11.8. The fraction of sp³-hybridized carbons (Fsp3) is 0.769. The van der Waals surface area contributed by atoms with E-state index < -0.39 is 0 Å². The van der Waals surface area contributed by atoms with Crippen molar-refractivity contribution in [1.82, 2.24) is 10.2 Å². The van der Waals surface area contributed by atoms with Gasteiger partial charge in [-0.1, -0.05) is 12.8 Å². The SMILES string of the molecule is C#CCN(CCC)C(=O)CC1CCCNC1. The fourth-order valence-corrected chi connectivity index (χ4v) is 2.15. The monoisotopic (exact) mass is 222 g/mol. The van der Waals surface area contributed by atoms with Crippen molar-refractivity contribution in [2.45, 2.75) is 32.6 Å². The molecule has 1 aliphatic rings. The minimum atomic E-state index is 0.216. The van der Waals surface area contributed by atoms with Crippen LogP contribution < -0.4 is 5.32 Å². The molecule has 0 spiro atoms. The number of piperidine rings is 1. The van der Waals surface area contributed by atoms with E-state index in [1.807, 2.05) is 0 Å². The molecule has 16 heavy (non-hydrogen) atoms. The fourth-order valence-electron chi connectivity index (χ4n) is 2.15. The molecule has 1 rings (SSSR count). The lowest BCUT2D eigenvalue weighted by molar-refractivity contribution is -0.131. The van der Waals surface area contributed by atoms with Crippen LogP contribution in [0.25, 0.3) is 0 Å². The zero-order valence-corrected chi connectivity index (χ0v) is 10.2. The van der Waals surface area contributed by atoms with Gasteiger partial charge in [0.25, 0.3) is 0 Å². The lowest BCUT2D eigenvalue weighted by Gasteiger charge is -2.26.